The van der Waals surface area contributed by atoms with E-state index in [0.29, 0.717) is 0 Å². The van der Waals surface area contributed by atoms with Gasteiger partial charge in [-0.25, -0.2) is 0 Å². The Morgan fingerprint density at radius 2 is 2.00 bits per heavy atom. The first-order valence-corrected chi connectivity index (χ1v) is 4.29. The number of rotatable bonds is 2. The van der Waals surface area contributed by atoms with Crippen molar-refractivity contribution in [2.75, 3.05) is 0 Å². The lowest BCUT2D eigenvalue weighted by molar-refractivity contribution is 0.470. The van der Waals surface area contributed by atoms with Crippen LogP contribution in [0.2, 0.25) is 0 Å². The first-order valence-electron chi connectivity index (χ1n) is 3.91. The Balaban J connectivity index is 1.95. The number of hydrogen-bond acceptors (Lipinski definition) is 0. The lowest BCUT2D eigenvalue weighted by Gasteiger charge is -2.14. The first-order chi connectivity index (χ1) is 4.22. The summed E-state index contributed by atoms with van der Waals surface area (Å²) in [7, 11) is 0. The molecule has 0 aliphatic heterocycles. The summed E-state index contributed by atoms with van der Waals surface area (Å²) >= 11 is 6.23. The van der Waals surface area contributed by atoms with Crippen LogP contribution in [-0.4, -0.2) is 4.87 Å². The molecule has 2 fully saturated rings. The van der Waals surface area contributed by atoms with Gasteiger partial charge in [-0.1, -0.05) is 6.92 Å². The highest BCUT2D eigenvalue weighted by molar-refractivity contribution is 6.26. The zero-order valence-corrected chi connectivity index (χ0v) is 6.62. The second-order valence-corrected chi connectivity index (χ2v) is 4.41. The largest absolute Gasteiger partial charge is 0.119 e. The Hall–Kier alpha value is 0.290. The fourth-order valence-electron chi connectivity index (χ4n) is 1.59. The van der Waals surface area contributed by atoms with Crippen molar-refractivity contribution in [3.63, 3.8) is 0 Å². The van der Waals surface area contributed by atoms with Gasteiger partial charge in [0.15, 0.2) is 0 Å². The molecular formula is C8H13Cl. The Bertz CT molecular complexity index is 123. The highest BCUT2D eigenvalue weighted by atomic mass is 35.5. The van der Waals surface area contributed by atoms with Crippen LogP contribution in [-0.2, 0) is 0 Å². The van der Waals surface area contributed by atoms with E-state index in [1.807, 2.05) is 0 Å². The molecule has 0 saturated heterocycles. The van der Waals surface area contributed by atoms with Gasteiger partial charge in [-0.05, 0) is 37.5 Å². The van der Waals surface area contributed by atoms with Crippen LogP contribution >= 0.6 is 11.6 Å². The standard InChI is InChI=1S/C8H13Cl/c1-6(7-2-3-7)8(9)4-5-8/h6-7H,2-5H2,1H3. The van der Waals surface area contributed by atoms with E-state index in [2.05, 4.69) is 6.92 Å². The molecule has 9 heavy (non-hydrogen) atoms. The number of alkyl halides is 1. The molecule has 0 aromatic rings. The highest BCUT2D eigenvalue weighted by Crippen LogP contribution is 2.56. The van der Waals surface area contributed by atoms with E-state index in [0.717, 1.165) is 11.8 Å². The van der Waals surface area contributed by atoms with E-state index in [9.17, 15) is 0 Å². The Morgan fingerprint density at radius 3 is 2.33 bits per heavy atom. The normalized spacial score (nSPS) is 34.0. The van der Waals surface area contributed by atoms with E-state index in [1.165, 1.54) is 25.7 Å². The third kappa shape index (κ3) is 0.980. The van der Waals surface area contributed by atoms with Crippen molar-refractivity contribution in [1.29, 1.82) is 0 Å². The Kier molecular flexibility index (Phi) is 1.11. The van der Waals surface area contributed by atoms with Crippen molar-refractivity contribution in [2.24, 2.45) is 11.8 Å². The summed E-state index contributed by atoms with van der Waals surface area (Å²) in [4.78, 5) is 0.265. The molecule has 1 unspecified atom stereocenters. The minimum Gasteiger partial charge on any atom is -0.119 e. The van der Waals surface area contributed by atoms with Crippen LogP contribution in [0.25, 0.3) is 0 Å². The van der Waals surface area contributed by atoms with Gasteiger partial charge in [-0.15, -0.1) is 11.6 Å². The second-order valence-electron chi connectivity index (χ2n) is 3.66. The maximum atomic E-state index is 6.23. The van der Waals surface area contributed by atoms with Gasteiger partial charge in [-0.3, -0.25) is 0 Å². The minimum absolute atomic E-state index is 0.265. The molecular weight excluding hydrogens is 132 g/mol. The molecule has 0 N–H and O–H groups in total. The van der Waals surface area contributed by atoms with Gasteiger partial charge in [-0.2, -0.15) is 0 Å². The van der Waals surface area contributed by atoms with Crippen molar-refractivity contribution in [3.05, 3.63) is 0 Å². The summed E-state index contributed by atoms with van der Waals surface area (Å²) in [5.41, 5.74) is 0. The van der Waals surface area contributed by atoms with Crippen LogP contribution in [0.1, 0.15) is 32.6 Å². The molecule has 0 radical (unpaired) electrons. The molecule has 2 aliphatic rings. The van der Waals surface area contributed by atoms with Crippen LogP contribution < -0.4 is 0 Å². The fraction of sp³-hybridized carbons (Fsp3) is 1.00. The lowest BCUT2D eigenvalue weighted by atomic mass is 10.0. The van der Waals surface area contributed by atoms with Crippen molar-refractivity contribution in [1.82, 2.24) is 0 Å². The summed E-state index contributed by atoms with van der Waals surface area (Å²) in [6.45, 7) is 2.32. The van der Waals surface area contributed by atoms with Crippen LogP contribution in [0.4, 0.5) is 0 Å². The Labute approximate surface area is 61.6 Å². The van der Waals surface area contributed by atoms with E-state index >= 15 is 0 Å². The average molecular weight is 145 g/mol. The van der Waals surface area contributed by atoms with Gasteiger partial charge in [0.2, 0.25) is 0 Å². The third-order valence-corrected chi connectivity index (χ3v) is 3.59. The molecule has 0 heterocycles. The van der Waals surface area contributed by atoms with Crippen LogP contribution in [0.5, 0.6) is 0 Å². The third-order valence-electron chi connectivity index (χ3n) is 2.87. The second kappa shape index (κ2) is 1.66. The van der Waals surface area contributed by atoms with Crippen LogP contribution in [0.3, 0.4) is 0 Å². The molecule has 2 rings (SSSR count). The monoisotopic (exact) mass is 144 g/mol. The predicted octanol–water partition coefficient (Wildman–Crippen LogP) is 2.80. The molecule has 52 valence electrons. The first kappa shape index (κ1) is 6.03. The summed E-state index contributed by atoms with van der Waals surface area (Å²) in [6, 6.07) is 0. The maximum Gasteiger partial charge on any atom is 0.0476 e. The van der Waals surface area contributed by atoms with Gasteiger partial charge < -0.3 is 0 Å². The molecule has 1 heteroatoms. The zero-order valence-electron chi connectivity index (χ0n) is 5.86. The number of halogens is 1. The molecule has 2 aliphatic carbocycles. The van der Waals surface area contributed by atoms with Crippen LogP contribution in [0, 0.1) is 11.8 Å². The molecule has 1 atom stereocenters. The van der Waals surface area contributed by atoms with E-state index in [-0.39, 0.29) is 4.87 Å². The summed E-state index contributed by atoms with van der Waals surface area (Å²) in [5.74, 6) is 1.80. The molecule has 0 amide bonds. The van der Waals surface area contributed by atoms with Crippen LogP contribution in [0.15, 0.2) is 0 Å². The van der Waals surface area contributed by atoms with E-state index < -0.39 is 0 Å². The van der Waals surface area contributed by atoms with Crippen molar-refractivity contribution >= 4 is 11.6 Å². The zero-order chi connectivity index (χ0) is 6.48. The summed E-state index contributed by atoms with van der Waals surface area (Å²) in [5, 5.41) is 0. The topological polar surface area (TPSA) is 0 Å². The van der Waals surface area contributed by atoms with Crippen molar-refractivity contribution in [2.45, 2.75) is 37.5 Å². The fourth-order valence-corrected chi connectivity index (χ4v) is 1.87. The quantitative estimate of drug-likeness (QED) is 0.523. The molecule has 0 spiro atoms. The molecule has 2 saturated carbocycles. The van der Waals surface area contributed by atoms with Gasteiger partial charge in [0.25, 0.3) is 0 Å². The predicted molar refractivity (Wildman–Crippen MR) is 39.7 cm³/mol. The summed E-state index contributed by atoms with van der Waals surface area (Å²) in [6.07, 6.45) is 5.42. The molecule has 0 aromatic carbocycles. The lowest BCUT2D eigenvalue weighted by Crippen LogP contribution is -2.13. The van der Waals surface area contributed by atoms with Gasteiger partial charge >= 0.3 is 0 Å². The van der Waals surface area contributed by atoms with Gasteiger partial charge in [0.1, 0.15) is 0 Å². The number of hydrogen-bond donors (Lipinski definition) is 0. The molecule has 0 bridgehead atoms. The van der Waals surface area contributed by atoms with Crippen molar-refractivity contribution in [3.8, 4) is 0 Å². The smallest absolute Gasteiger partial charge is 0.0476 e. The van der Waals surface area contributed by atoms with Gasteiger partial charge in [0.05, 0.1) is 0 Å². The highest BCUT2D eigenvalue weighted by Gasteiger charge is 2.50. The van der Waals surface area contributed by atoms with Gasteiger partial charge in [0, 0.05) is 4.87 Å². The SMILES string of the molecule is CC(C1CC1)C1(Cl)CC1. The average Bonchev–Trinajstić information content (AvgIpc) is 2.54. The molecule has 0 aromatic heterocycles. The minimum atomic E-state index is 0.265. The Morgan fingerprint density at radius 1 is 1.44 bits per heavy atom. The summed E-state index contributed by atoms with van der Waals surface area (Å²) < 4.78 is 0. The van der Waals surface area contributed by atoms with Crippen molar-refractivity contribution < 1.29 is 0 Å². The van der Waals surface area contributed by atoms with E-state index in [4.69, 9.17) is 11.6 Å². The molecule has 0 nitrogen and oxygen atoms in total. The maximum absolute atomic E-state index is 6.23. The van der Waals surface area contributed by atoms with E-state index in [1.54, 1.807) is 0 Å².